The molecule has 1 amide bonds. The molecule has 2 aromatic carbocycles. The molecule has 3 rings (SSSR count). The van der Waals surface area contributed by atoms with Crippen molar-refractivity contribution < 1.29 is 31.5 Å². The first-order valence-corrected chi connectivity index (χ1v) is 8.02. The van der Waals surface area contributed by atoms with E-state index in [2.05, 4.69) is 5.32 Å². The van der Waals surface area contributed by atoms with Crippen LogP contribution in [0.15, 0.2) is 57.7 Å². The lowest BCUT2D eigenvalue weighted by Crippen LogP contribution is -2.28. The quantitative estimate of drug-likeness (QED) is 0.529. The number of halogens is 4. The molecule has 1 aromatic heterocycles. The summed E-state index contributed by atoms with van der Waals surface area (Å²) in [5, 5.41) is 2.16. The van der Waals surface area contributed by atoms with E-state index in [0.717, 1.165) is 12.1 Å². The summed E-state index contributed by atoms with van der Waals surface area (Å²) in [7, 11) is 0. The van der Waals surface area contributed by atoms with Gasteiger partial charge in [0.25, 0.3) is 5.91 Å². The molecule has 0 radical (unpaired) electrons. The summed E-state index contributed by atoms with van der Waals surface area (Å²) in [4.78, 5) is 23.2. The summed E-state index contributed by atoms with van der Waals surface area (Å²) in [6.07, 6.45) is -4.72. The number of benzene rings is 2. The van der Waals surface area contributed by atoms with E-state index in [1.807, 2.05) is 0 Å². The van der Waals surface area contributed by atoms with Gasteiger partial charge in [0.1, 0.15) is 17.1 Å². The number of rotatable bonds is 5. The molecule has 1 heterocycles. The second-order valence-electron chi connectivity index (χ2n) is 5.79. The van der Waals surface area contributed by atoms with Gasteiger partial charge in [-0.05, 0) is 18.2 Å². The van der Waals surface area contributed by atoms with E-state index in [0.29, 0.717) is 11.6 Å². The number of amides is 1. The Bertz CT molecular complexity index is 1080. The van der Waals surface area contributed by atoms with Crippen LogP contribution in [0.4, 0.5) is 17.6 Å². The van der Waals surface area contributed by atoms with E-state index in [1.165, 1.54) is 24.3 Å². The van der Waals surface area contributed by atoms with Gasteiger partial charge in [0.15, 0.2) is 6.61 Å². The van der Waals surface area contributed by atoms with Crippen molar-refractivity contribution in [2.45, 2.75) is 12.7 Å². The summed E-state index contributed by atoms with van der Waals surface area (Å²) in [6, 6.07) is 9.70. The van der Waals surface area contributed by atoms with Gasteiger partial charge in [0.05, 0.1) is 5.56 Å². The van der Waals surface area contributed by atoms with E-state index in [1.54, 1.807) is 6.07 Å². The summed E-state index contributed by atoms with van der Waals surface area (Å²) in [5.41, 5.74) is -2.29. The third-order valence-corrected chi connectivity index (χ3v) is 3.83. The molecule has 28 heavy (non-hydrogen) atoms. The molecule has 5 nitrogen and oxygen atoms in total. The van der Waals surface area contributed by atoms with Crippen LogP contribution < -0.4 is 15.7 Å². The fourth-order valence-electron chi connectivity index (χ4n) is 2.50. The lowest BCUT2D eigenvalue weighted by molar-refractivity contribution is -0.136. The summed E-state index contributed by atoms with van der Waals surface area (Å²) < 4.78 is 62.5. The van der Waals surface area contributed by atoms with Crippen LogP contribution in [0.2, 0.25) is 0 Å². The van der Waals surface area contributed by atoms with Gasteiger partial charge >= 0.3 is 11.8 Å². The molecule has 0 aliphatic rings. The molecular formula is C19H13F4NO4. The third-order valence-electron chi connectivity index (χ3n) is 3.83. The van der Waals surface area contributed by atoms with Crippen molar-refractivity contribution in [2.24, 2.45) is 0 Å². The Morgan fingerprint density at radius 2 is 1.86 bits per heavy atom. The van der Waals surface area contributed by atoms with Crippen LogP contribution in [-0.4, -0.2) is 12.5 Å². The van der Waals surface area contributed by atoms with Crippen LogP contribution in [0.25, 0.3) is 11.0 Å². The van der Waals surface area contributed by atoms with Crippen molar-refractivity contribution in [3.8, 4) is 5.75 Å². The minimum absolute atomic E-state index is 0.0380. The molecule has 0 atom stereocenters. The van der Waals surface area contributed by atoms with Crippen LogP contribution >= 0.6 is 0 Å². The van der Waals surface area contributed by atoms with Crippen LogP contribution in [0, 0.1) is 5.82 Å². The van der Waals surface area contributed by atoms with Gasteiger partial charge < -0.3 is 14.5 Å². The van der Waals surface area contributed by atoms with E-state index in [9.17, 15) is 27.2 Å². The minimum Gasteiger partial charge on any atom is -0.484 e. The van der Waals surface area contributed by atoms with Crippen molar-refractivity contribution in [1.82, 2.24) is 5.32 Å². The predicted molar refractivity (Wildman–Crippen MR) is 91.2 cm³/mol. The summed E-state index contributed by atoms with van der Waals surface area (Å²) >= 11 is 0. The van der Waals surface area contributed by atoms with Gasteiger partial charge in [-0.3, -0.25) is 4.79 Å². The normalized spacial score (nSPS) is 11.4. The molecule has 0 aliphatic carbocycles. The third kappa shape index (κ3) is 4.48. The predicted octanol–water partition coefficient (Wildman–Crippen LogP) is 3.65. The first-order valence-electron chi connectivity index (χ1n) is 8.02. The Balaban J connectivity index is 1.68. The van der Waals surface area contributed by atoms with Crippen LogP contribution in [0.3, 0.4) is 0 Å². The maximum atomic E-state index is 13.5. The minimum atomic E-state index is -4.72. The van der Waals surface area contributed by atoms with Gasteiger partial charge in [0, 0.05) is 29.6 Å². The second kappa shape index (κ2) is 7.71. The lowest BCUT2D eigenvalue weighted by Gasteiger charge is -2.11. The first-order chi connectivity index (χ1) is 13.2. The molecular weight excluding hydrogens is 382 g/mol. The molecule has 0 saturated carbocycles. The number of alkyl halides is 3. The maximum Gasteiger partial charge on any atom is 0.417 e. The van der Waals surface area contributed by atoms with Gasteiger partial charge in [-0.25, -0.2) is 9.18 Å². The molecule has 0 bridgehead atoms. The first kappa shape index (κ1) is 19.4. The zero-order valence-electron chi connectivity index (χ0n) is 14.2. The fraction of sp³-hybridized carbons (Fsp3) is 0.158. The lowest BCUT2D eigenvalue weighted by atomic mass is 10.1. The number of carbonyl (C=O) groups excluding carboxylic acids is 1. The zero-order valence-corrected chi connectivity index (χ0v) is 14.2. The van der Waals surface area contributed by atoms with Crippen LogP contribution in [-0.2, 0) is 17.5 Å². The van der Waals surface area contributed by atoms with E-state index < -0.39 is 35.7 Å². The Labute approximate surface area is 155 Å². The van der Waals surface area contributed by atoms with Crippen LogP contribution in [0.5, 0.6) is 5.75 Å². The largest absolute Gasteiger partial charge is 0.484 e. The van der Waals surface area contributed by atoms with Gasteiger partial charge in [-0.1, -0.05) is 18.2 Å². The number of nitrogens with one attached hydrogen (secondary N) is 1. The van der Waals surface area contributed by atoms with Gasteiger partial charge in [-0.2, -0.15) is 13.2 Å². The number of carbonyl (C=O) groups is 1. The molecule has 9 heteroatoms. The summed E-state index contributed by atoms with van der Waals surface area (Å²) in [5.74, 6) is -0.987. The van der Waals surface area contributed by atoms with Crippen molar-refractivity contribution in [3.63, 3.8) is 0 Å². The smallest absolute Gasteiger partial charge is 0.417 e. The topological polar surface area (TPSA) is 68.5 Å². The molecule has 3 aromatic rings. The maximum absolute atomic E-state index is 13.5. The fourth-order valence-corrected chi connectivity index (χ4v) is 2.50. The van der Waals surface area contributed by atoms with E-state index in [4.69, 9.17) is 9.15 Å². The molecule has 1 N–H and O–H groups in total. The standard InChI is InChI=1S/C19H13F4NO4/c20-15-4-2-1-3-11(15)9-24-17(25)10-27-12-5-6-13-14(19(21,22)23)8-18(26)28-16(13)7-12/h1-8H,9-10H2,(H,24,25). The number of fused-ring (bicyclic) bond motifs is 1. The SMILES string of the molecule is O=C(COc1ccc2c(C(F)(F)F)cc(=O)oc2c1)NCc1ccccc1F. The van der Waals surface area contributed by atoms with E-state index in [-0.39, 0.29) is 23.3 Å². The second-order valence-corrected chi connectivity index (χ2v) is 5.79. The Kier molecular flexibility index (Phi) is 5.34. The van der Waals surface area contributed by atoms with Crippen molar-refractivity contribution in [3.05, 3.63) is 75.9 Å². The Morgan fingerprint density at radius 1 is 1.11 bits per heavy atom. The number of hydrogen-bond acceptors (Lipinski definition) is 4. The highest BCUT2D eigenvalue weighted by Crippen LogP contribution is 2.34. The molecule has 0 saturated heterocycles. The monoisotopic (exact) mass is 395 g/mol. The zero-order chi connectivity index (χ0) is 20.3. The highest BCUT2D eigenvalue weighted by molar-refractivity contribution is 5.82. The summed E-state index contributed by atoms with van der Waals surface area (Å²) in [6.45, 7) is -0.500. The highest BCUT2D eigenvalue weighted by atomic mass is 19.4. The van der Waals surface area contributed by atoms with Gasteiger partial charge in [0.2, 0.25) is 0 Å². The van der Waals surface area contributed by atoms with E-state index >= 15 is 0 Å². The number of hydrogen-bond donors (Lipinski definition) is 1. The molecule has 0 fully saturated rings. The van der Waals surface area contributed by atoms with Crippen molar-refractivity contribution >= 4 is 16.9 Å². The molecule has 0 aliphatic heterocycles. The van der Waals surface area contributed by atoms with Crippen molar-refractivity contribution in [1.29, 1.82) is 0 Å². The average Bonchev–Trinajstić information content (AvgIpc) is 2.64. The Hall–Kier alpha value is -3.36. The Morgan fingerprint density at radius 3 is 2.57 bits per heavy atom. The molecule has 0 spiro atoms. The highest BCUT2D eigenvalue weighted by Gasteiger charge is 2.33. The van der Waals surface area contributed by atoms with Crippen LogP contribution in [0.1, 0.15) is 11.1 Å². The molecule has 0 unspecified atom stereocenters. The molecule has 146 valence electrons. The van der Waals surface area contributed by atoms with Crippen molar-refractivity contribution in [2.75, 3.05) is 6.61 Å². The average molecular weight is 395 g/mol. The number of ether oxygens (including phenoxy) is 1. The van der Waals surface area contributed by atoms with Gasteiger partial charge in [-0.15, -0.1) is 0 Å².